The van der Waals surface area contributed by atoms with Crippen molar-refractivity contribution in [3.05, 3.63) is 40.7 Å². The van der Waals surface area contributed by atoms with Crippen LogP contribution in [-0.4, -0.2) is 11.5 Å². The molecule has 3 nitrogen and oxygen atoms in total. The van der Waals surface area contributed by atoms with E-state index < -0.39 is 0 Å². The van der Waals surface area contributed by atoms with Crippen molar-refractivity contribution in [2.24, 2.45) is 0 Å². The first kappa shape index (κ1) is 12.1. The number of hydrogen-bond donors (Lipinski definition) is 1. The molecule has 2 aromatic rings. The van der Waals surface area contributed by atoms with E-state index in [0.717, 1.165) is 34.9 Å². The first-order valence-electron chi connectivity index (χ1n) is 5.63. The van der Waals surface area contributed by atoms with Gasteiger partial charge in [-0.15, -0.1) is 0 Å². The molecular formula is C13H15ClN2O. The van der Waals surface area contributed by atoms with E-state index >= 15 is 0 Å². The Morgan fingerprint density at radius 1 is 1.41 bits per heavy atom. The van der Waals surface area contributed by atoms with Gasteiger partial charge in [0.2, 0.25) is 5.89 Å². The Labute approximate surface area is 106 Å². The molecule has 0 fully saturated rings. The zero-order chi connectivity index (χ0) is 12.3. The lowest BCUT2D eigenvalue weighted by Gasteiger charge is -2.02. The van der Waals surface area contributed by atoms with E-state index in [0.29, 0.717) is 5.89 Å². The smallest absolute Gasteiger partial charge is 0.226 e. The van der Waals surface area contributed by atoms with Gasteiger partial charge in [0.05, 0.1) is 5.69 Å². The van der Waals surface area contributed by atoms with E-state index in [9.17, 15) is 0 Å². The predicted molar refractivity (Wildman–Crippen MR) is 69.1 cm³/mol. The largest absolute Gasteiger partial charge is 0.444 e. The molecule has 0 spiro atoms. The molecule has 1 heterocycles. The molecule has 0 bridgehead atoms. The maximum absolute atomic E-state index is 6.07. The summed E-state index contributed by atoms with van der Waals surface area (Å²) in [5.74, 6) is 0.623. The molecule has 0 amide bonds. The molecule has 0 unspecified atom stereocenters. The molecule has 0 aliphatic rings. The highest BCUT2D eigenvalue weighted by Crippen LogP contribution is 2.27. The van der Waals surface area contributed by atoms with E-state index in [-0.39, 0.29) is 0 Å². The van der Waals surface area contributed by atoms with E-state index in [4.69, 9.17) is 16.0 Å². The molecule has 0 saturated carbocycles. The highest BCUT2D eigenvalue weighted by molar-refractivity contribution is 6.31. The van der Waals surface area contributed by atoms with Crippen molar-refractivity contribution >= 4 is 11.6 Å². The summed E-state index contributed by atoms with van der Waals surface area (Å²) >= 11 is 6.07. The molecule has 0 saturated heterocycles. The summed E-state index contributed by atoms with van der Waals surface area (Å²) in [4.78, 5) is 4.43. The minimum Gasteiger partial charge on any atom is -0.444 e. The first-order chi connectivity index (χ1) is 8.22. The number of rotatable bonds is 4. The van der Waals surface area contributed by atoms with Gasteiger partial charge in [0.1, 0.15) is 6.26 Å². The molecule has 0 atom stereocenters. The monoisotopic (exact) mass is 250 g/mol. The standard InChI is InChI=1S/C13H15ClN2O/c1-3-15-7-10-8-17-13(16-10)11-5-4-6-12(14)9(11)2/h4-6,8,15H,3,7H2,1-2H3. The van der Waals surface area contributed by atoms with E-state index in [2.05, 4.69) is 17.2 Å². The maximum atomic E-state index is 6.07. The fourth-order valence-corrected chi connectivity index (χ4v) is 1.78. The fraction of sp³-hybridized carbons (Fsp3) is 0.308. The van der Waals surface area contributed by atoms with Crippen LogP contribution in [0.2, 0.25) is 5.02 Å². The van der Waals surface area contributed by atoms with Crippen LogP contribution in [0.5, 0.6) is 0 Å². The summed E-state index contributed by atoms with van der Waals surface area (Å²) in [7, 11) is 0. The Balaban J connectivity index is 2.27. The quantitative estimate of drug-likeness (QED) is 0.904. The lowest BCUT2D eigenvalue weighted by Crippen LogP contribution is -2.11. The molecule has 0 radical (unpaired) electrons. The highest BCUT2D eigenvalue weighted by Gasteiger charge is 2.10. The van der Waals surface area contributed by atoms with Crippen LogP contribution in [0, 0.1) is 6.92 Å². The summed E-state index contributed by atoms with van der Waals surface area (Å²) < 4.78 is 5.47. The second-order valence-electron chi connectivity index (χ2n) is 3.84. The fourth-order valence-electron chi connectivity index (χ4n) is 1.60. The predicted octanol–water partition coefficient (Wildman–Crippen LogP) is 3.41. The molecule has 2 rings (SSSR count). The van der Waals surface area contributed by atoms with Crippen molar-refractivity contribution in [2.75, 3.05) is 6.54 Å². The molecule has 0 aliphatic carbocycles. The van der Waals surface area contributed by atoms with Crippen LogP contribution in [0.1, 0.15) is 18.2 Å². The van der Waals surface area contributed by atoms with Gasteiger partial charge in [-0.3, -0.25) is 0 Å². The van der Waals surface area contributed by atoms with E-state index in [1.807, 2.05) is 25.1 Å². The highest BCUT2D eigenvalue weighted by atomic mass is 35.5. The summed E-state index contributed by atoms with van der Waals surface area (Å²) in [6.07, 6.45) is 1.68. The van der Waals surface area contributed by atoms with Crippen LogP contribution < -0.4 is 5.32 Å². The average molecular weight is 251 g/mol. The number of aromatic nitrogens is 1. The Morgan fingerprint density at radius 2 is 2.24 bits per heavy atom. The van der Waals surface area contributed by atoms with Gasteiger partial charge in [0.15, 0.2) is 0 Å². The number of hydrogen-bond acceptors (Lipinski definition) is 3. The van der Waals surface area contributed by atoms with Gasteiger partial charge < -0.3 is 9.73 Å². The molecular weight excluding hydrogens is 236 g/mol. The normalized spacial score (nSPS) is 10.8. The average Bonchev–Trinajstić information content (AvgIpc) is 2.78. The molecule has 17 heavy (non-hydrogen) atoms. The Bertz CT molecular complexity index is 508. The molecule has 4 heteroatoms. The number of oxazole rings is 1. The third-order valence-corrected chi connectivity index (χ3v) is 3.02. The number of halogens is 1. The van der Waals surface area contributed by atoms with Crippen LogP contribution in [0.15, 0.2) is 28.9 Å². The summed E-state index contributed by atoms with van der Waals surface area (Å²) in [5, 5.41) is 3.94. The zero-order valence-electron chi connectivity index (χ0n) is 9.96. The van der Waals surface area contributed by atoms with Crippen molar-refractivity contribution < 1.29 is 4.42 Å². The number of nitrogens with zero attached hydrogens (tertiary/aromatic N) is 1. The summed E-state index contributed by atoms with van der Waals surface area (Å²) in [6, 6.07) is 5.73. The van der Waals surface area contributed by atoms with Crippen LogP contribution in [0.4, 0.5) is 0 Å². The molecule has 0 aliphatic heterocycles. The van der Waals surface area contributed by atoms with Gasteiger partial charge in [-0.05, 0) is 31.2 Å². The SMILES string of the molecule is CCNCc1coc(-c2cccc(Cl)c2C)n1. The maximum Gasteiger partial charge on any atom is 0.226 e. The van der Waals surface area contributed by atoms with Crippen LogP contribution in [0.3, 0.4) is 0 Å². The van der Waals surface area contributed by atoms with Crippen molar-refractivity contribution in [1.82, 2.24) is 10.3 Å². The number of nitrogens with one attached hydrogen (secondary N) is 1. The van der Waals surface area contributed by atoms with E-state index in [1.54, 1.807) is 6.26 Å². The second kappa shape index (κ2) is 5.34. The second-order valence-corrected chi connectivity index (χ2v) is 4.24. The lowest BCUT2D eigenvalue weighted by molar-refractivity contribution is 0.570. The van der Waals surface area contributed by atoms with Crippen molar-refractivity contribution in [3.8, 4) is 11.5 Å². The van der Waals surface area contributed by atoms with Crippen LogP contribution in [-0.2, 0) is 6.54 Å². The van der Waals surface area contributed by atoms with Crippen molar-refractivity contribution in [1.29, 1.82) is 0 Å². The van der Waals surface area contributed by atoms with Crippen molar-refractivity contribution in [2.45, 2.75) is 20.4 Å². The van der Waals surface area contributed by atoms with Crippen LogP contribution >= 0.6 is 11.6 Å². The molecule has 1 aromatic carbocycles. The zero-order valence-corrected chi connectivity index (χ0v) is 10.7. The van der Waals surface area contributed by atoms with Crippen LogP contribution in [0.25, 0.3) is 11.5 Å². The lowest BCUT2D eigenvalue weighted by atomic mass is 10.1. The van der Waals surface area contributed by atoms with Gasteiger partial charge in [-0.1, -0.05) is 24.6 Å². The van der Waals surface area contributed by atoms with E-state index in [1.165, 1.54) is 0 Å². The van der Waals surface area contributed by atoms with Gasteiger partial charge >= 0.3 is 0 Å². The Hall–Kier alpha value is -1.32. The first-order valence-corrected chi connectivity index (χ1v) is 6.00. The van der Waals surface area contributed by atoms with Gasteiger partial charge in [0, 0.05) is 17.1 Å². The number of benzene rings is 1. The topological polar surface area (TPSA) is 38.1 Å². The third kappa shape index (κ3) is 2.68. The Kier molecular flexibility index (Phi) is 3.82. The molecule has 90 valence electrons. The van der Waals surface area contributed by atoms with Crippen molar-refractivity contribution in [3.63, 3.8) is 0 Å². The summed E-state index contributed by atoms with van der Waals surface area (Å²) in [6.45, 7) is 5.66. The summed E-state index contributed by atoms with van der Waals surface area (Å²) in [5.41, 5.74) is 2.84. The minimum absolute atomic E-state index is 0.623. The molecule has 1 aromatic heterocycles. The minimum atomic E-state index is 0.623. The molecule has 1 N–H and O–H groups in total. The Morgan fingerprint density at radius 3 is 3.00 bits per heavy atom. The van der Waals surface area contributed by atoms with Gasteiger partial charge in [-0.2, -0.15) is 0 Å². The van der Waals surface area contributed by atoms with Gasteiger partial charge in [-0.25, -0.2) is 4.98 Å². The van der Waals surface area contributed by atoms with Gasteiger partial charge in [0.25, 0.3) is 0 Å². The third-order valence-electron chi connectivity index (χ3n) is 2.61.